The summed E-state index contributed by atoms with van der Waals surface area (Å²) in [5, 5.41) is 25.7. The molecule has 0 unspecified atom stereocenters. The van der Waals surface area contributed by atoms with Crippen LogP contribution in [0.5, 0.6) is 11.7 Å². The molecule has 0 fully saturated rings. The van der Waals surface area contributed by atoms with Gasteiger partial charge in [0.1, 0.15) is 16.8 Å². The second kappa shape index (κ2) is 8.32. The second-order valence-electron chi connectivity index (χ2n) is 6.27. The van der Waals surface area contributed by atoms with Gasteiger partial charge in [-0.1, -0.05) is 11.8 Å². The van der Waals surface area contributed by atoms with Crippen molar-refractivity contribution in [1.82, 2.24) is 10.3 Å². The topological polar surface area (TPSA) is 116 Å². The standard InChI is InChI=1S/C20H18N4O4S/c1-11-12(2)16(9-21)19(22-13(11)3)29-10-17(25)18-20(26)28-23-24(18)14-5-7-15(27-4)8-6-14/h5-8H,10H2,1-4H3. The van der Waals surface area contributed by atoms with Gasteiger partial charge >= 0.3 is 5.69 Å². The number of nitrogens with zero attached hydrogens (tertiary/aromatic N) is 4. The van der Waals surface area contributed by atoms with Crippen molar-refractivity contribution in [2.45, 2.75) is 25.8 Å². The summed E-state index contributed by atoms with van der Waals surface area (Å²) in [5.74, 6) is -0.755. The Morgan fingerprint density at radius 1 is 1.28 bits per heavy atom. The van der Waals surface area contributed by atoms with Crippen molar-refractivity contribution in [1.29, 1.82) is 5.26 Å². The lowest BCUT2D eigenvalue weighted by Crippen LogP contribution is -2.39. The van der Waals surface area contributed by atoms with E-state index in [0.717, 1.165) is 33.3 Å². The van der Waals surface area contributed by atoms with Crippen LogP contribution < -0.4 is 14.5 Å². The van der Waals surface area contributed by atoms with Crippen molar-refractivity contribution in [3.05, 3.63) is 52.3 Å². The molecule has 0 N–H and O–H groups in total. The van der Waals surface area contributed by atoms with E-state index in [1.165, 1.54) is 7.11 Å². The summed E-state index contributed by atoms with van der Waals surface area (Å²) in [4.78, 5) is 17.2. The maximum absolute atomic E-state index is 12.8. The van der Waals surface area contributed by atoms with Gasteiger partial charge in [-0.2, -0.15) is 5.26 Å². The molecule has 0 aliphatic carbocycles. The van der Waals surface area contributed by atoms with Crippen LogP contribution in [0.3, 0.4) is 0 Å². The van der Waals surface area contributed by atoms with Gasteiger partial charge in [-0.05, 0) is 48.7 Å². The predicted octanol–water partition coefficient (Wildman–Crippen LogP) is 2.20. The normalized spacial score (nSPS) is 10.6. The van der Waals surface area contributed by atoms with Crippen LogP contribution in [-0.2, 0) is 0 Å². The third-order valence-electron chi connectivity index (χ3n) is 4.61. The number of ketones is 1. The van der Waals surface area contributed by atoms with Crippen molar-refractivity contribution in [3.8, 4) is 23.5 Å². The quantitative estimate of drug-likeness (QED) is 0.345. The Labute approximate surface area is 171 Å². The first kappa shape index (κ1) is 20.4. The van der Waals surface area contributed by atoms with E-state index in [9.17, 15) is 15.2 Å². The molecule has 0 bridgehead atoms. The van der Waals surface area contributed by atoms with E-state index in [0.29, 0.717) is 22.0 Å². The van der Waals surface area contributed by atoms with Crippen LogP contribution in [0.4, 0.5) is 0 Å². The summed E-state index contributed by atoms with van der Waals surface area (Å²) < 4.78 is 11.0. The molecule has 0 aliphatic rings. The highest BCUT2D eigenvalue weighted by molar-refractivity contribution is 8.00. The Morgan fingerprint density at radius 2 is 1.97 bits per heavy atom. The molecule has 3 aromatic rings. The van der Waals surface area contributed by atoms with Crippen molar-refractivity contribution in [2.24, 2.45) is 0 Å². The van der Waals surface area contributed by atoms with Gasteiger partial charge in [0, 0.05) is 17.8 Å². The van der Waals surface area contributed by atoms with E-state index in [1.54, 1.807) is 24.3 Å². The fourth-order valence-electron chi connectivity index (χ4n) is 2.73. The number of aromatic nitrogens is 3. The third-order valence-corrected chi connectivity index (χ3v) is 5.58. The minimum atomic E-state index is -0.823. The summed E-state index contributed by atoms with van der Waals surface area (Å²) in [7, 11) is 1.54. The Hall–Kier alpha value is -3.38. The molecule has 0 atom stereocenters. The van der Waals surface area contributed by atoms with Gasteiger partial charge < -0.3 is 14.4 Å². The SMILES string of the molecule is COc1ccc(-[n+]2noc([O-])c2C(=O)CSc2nc(C)c(C)c(C)c2C#N)cc1. The van der Waals surface area contributed by atoms with Crippen LogP contribution in [0, 0.1) is 32.1 Å². The number of benzene rings is 1. The second-order valence-corrected chi connectivity index (χ2v) is 7.23. The number of pyridine rings is 1. The number of hydrogen-bond donors (Lipinski definition) is 0. The molecule has 0 amide bonds. The first-order valence-electron chi connectivity index (χ1n) is 8.64. The number of hydrogen-bond acceptors (Lipinski definition) is 8. The lowest BCUT2D eigenvalue weighted by atomic mass is 10.1. The maximum Gasteiger partial charge on any atom is 0.307 e. The first-order chi connectivity index (χ1) is 13.9. The lowest BCUT2D eigenvalue weighted by molar-refractivity contribution is -0.672. The van der Waals surface area contributed by atoms with Crippen molar-refractivity contribution in [3.63, 3.8) is 0 Å². The monoisotopic (exact) mass is 410 g/mol. The highest BCUT2D eigenvalue weighted by atomic mass is 32.2. The van der Waals surface area contributed by atoms with Crippen molar-refractivity contribution < 1.29 is 23.8 Å². The number of rotatable bonds is 6. The van der Waals surface area contributed by atoms with Crippen LogP contribution in [0.15, 0.2) is 33.8 Å². The molecule has 0 aliphatic heterocycles. The van der Waals surface area contributed by atoms with E-state index < -0.39 is 11.7 Å². The number of carbonyl (C=O) groups is 1. The molecule has 2 heterocycles. The first-order valence-corrected chi connectivity index (χ1v) is 9.63. The van der Waals surface area contributed by atoms with E-state index in [-0.39, 0.29) is 11.4 Å². The van der Waals surface area contributed by atoms with E-state index in [2.05, 4.69) is 16.3 Å². The smallest absolute Gasteiger partial charge is 0.307 e. The highest BCUT2D eigenvalue weighted by Gasteiger charge is 2.28. The lowest BCUT2D eigenvalue weighted by Gasteiger charge is -2.10. The molecule has 9 heteroatoms. The number of Topliss-reactive ketones (excluding diaryl/α,β-unsaturated/α-hetero) is 1. The number of nitriles is 1. The van der Waals surface area contributed by atoms with Gasteiger partial charge in [0.25, 0.3) is 0 Å². The molecular weight excluding hydrogens is 392 g/mol. The van der Waals surface area contributed by atoms with Gasteiger partial charge in [-0.25, -0.2) is 4.98 Å². The Morgan fingerprint density at radius 3 is 2.59 bits per heavy atom. The molecule has 0 spiro atoms. The number of aryl methyl sites for hydroxylation is 1. The zero-order valence-electron chi connectivity index (χ0n) is 16.3. The van der Waals surface area contributed by atoms with Gasteiger partial charge in [0.2, 0.25) is 11.5 Å². The molecule has 8 nitrogen and oxygen atoms in total. The number of methoxy groups -OCH3 is 1. The summed E-state index contributed by atoms with van der Waals surface area (Å²) in [6.07, 6.45) is 0. The van der Waals surface area contributed by atoms with Crippen molar-refractivity contribution in [2.75, 3.05) is 12.9 Å². The molecule has 29 heavy (non-hydrogen) atoms. The average molecular weight is 410 g/mol. The molecule has 148 valence electrons. The molecule has 2 aromatic heterocycles. The fourth-order valence-corrected chi connectivity index (χ4v) is 3.68. The zero-order chi connectivity index (χ0) is 21.1. The summed E-state index contributed by atoms with van der Waals surface area (Å²) in [6.45, 7) is 5.60. The van der Waals surface area contributed by atoms with Gasteiger partial charge in [-0.3, -0.25) is 4.79 Å². The number of carbonyl (C=O) groups excluding carboxylic acids is 1. The van der Waals surface area contributed by atoms with Crippen LogP contribution >= 0.6 is 11.8 Å². The van der Waals surface area contributed by atoms with Gasteiger partial charge in [0.05, 0.1) is 23.7 Å². The third kappa shape index (κ3) is 3.93. The molecular formula is C20H18N4O4S. The minimum Gasteiger partial charge on any atom is -0.539 e. The summed E-state index contributed by atoms with van der Waals surface area (Å²) in [6, 6.07) is 8.84. The van der Waals surface area contributed by atoms with Crippen LogP contribution in [-0.4, -0.2) is 28.9 Å². The highest BCUT2D eigenvalue weighted by Crippen LogP contribution is 2.27. The Bertz CT molecular complexity index is 1120. The van der Waals surface area contributed by atoms with E-state index >= 15 is 0 Å². The summed E-state index contributed by atoms with van der Waals surface area (Å²) in [5.41, 5.74) is 3.29. The van der Waals surface area contributed by atoms with Crippen molar-refractivity contribution >= 4 is 17.5 Å². The Balaban J connectivity index is 1.88. The molecule has 3 rings (SSSR count). The summed E-state index contributed by atoms with van der Waals surface area (Å²) >= 11 is 1.11. The molecule has 0 radical (unpaired) electrons. The molecule has 0 saturated heterocycles. The van der Waals surface area contributed by atoms with Gasteiger partial charge in [-0.15, -0.1) is 0 Å². The minimum absolute atomic E-state index is 0.0871. The number of ether oxygens (including phenoxy) is 1. The number of thioether (sulfide) groups is 1. The molecule has 0 saturated carbocycles. The van der Waals surface area contributed by atoms with E-state index in [1.807, 2.05) is 20.8 Å². The Kier molecular flexibility index (Phi) is 5.84. The zero-order valence-corrected chi connectivity index (χ0v) is 17.2. The predicted molar refractivity (Wildman–Crippen MR) is 102 cm³/mol. The fraction of sp³-hybridized carbons (Fsp3) is 0.250. The van der Waals surface area contributed by atoms with Gasteiger partial charge in [0.15, 0.2) is 5.95 Å². The largest absolute Gasteiger partial charge is 0.539 e. The van der Waals surface area contributed by atoms with Crippen LogP contribution in [0.1, 0.15) is 32.9 Å². The maximum atomic E-state index is 12.8. The van der Waals surface area contributed by atoms with Crippen LogP contribution in [0.2, 0.25) is 0 Å². The molecule has 1 aromatic carbocycles. The average Bonchev–Trinajstić information content (AvgIpc) is 3.12. The van der Waals surface area contributed by atoms with Crippen LogP contribution in [0.25, 0.3) is 5.69 Å². The van der Waals surface area contributed by atoms with E-state index in [4.69, 9.17) is 9.26 Å².